The molecular formula is C15H14ClNO2S2. The Hall–Kier alpha value is -1.04. The number of nitrogens with zero attached hydrogens (tertiary/aromatic N) is 1. The van der Waals surface area contributed by atoms with Crippen LogP contribution in [0.25, 0.3) is 11.0 Å². The second-order valence-corrected chi connectivity index (χ2v) is 7.03. The minimum atomic E-state index is -0.354. The standard InChI is InChI=1S/C15H14ClNO2S2/c16-11-3-4-12-10(7-14(18)19-13(12)8-11)9-21-15(20)17-5-1-2-6-17/h3-4,7-8H,1-2,5-6,9H2. The van der Waals surface area contributed by atoms with Gasteiger partial charge in [0.15, 0.2) is 0 Å². The number of rotatable bonds is 2. The van der Waals surface area contributed by atoms with Crippen LogP contribution in [0.1, 0.15) is 18.4 Å². The number of hydrogen-bond donors (Lipinski definition) is 0. The second-order valence-electron chi connectivity index (χ2n) is 4.98. The molecule has 1 aliphatic heterocycles. The zero-order chi connectivity index (χ0) is 14.8. The maximum absolute atomic E-state index is 11.7. The Kier molecular flexibility index (Phi) is 4.52. The number of benzene rings is 1. The third-order valence-electron chi connectivity index (χ3n) is 3.51. The molecule has 1 aromatic heterocycles. The summed E-state index contributed by atoms with van der Waals surface area (Å²) in [4.78, 5) is 13.9. The summed E-state index contributed by atoms with van der Waals surface area (Å²) in [6.07, 6.45) is 2.41. The van der Waals surface area contributed by atoms with Gasteiger partial charge in [-0.1, -0.05) is 35.6 Å². The predicted octanol–water partition coefficient (Wildman–Crippen LogP) is 4.06. The molecule has 0 saturated carbocycles. The summed E-state index contributed by atoms with van der Waals surface area (Å²) in [7, 11) is 0. The monoisotopic (exact) mass is 339 g/mol. The lowest BCUT2D eigenvalue weighted by Gasteiger charge is -2.17. The first-order valence-corrected chi connectivity index (χ1v) is 8.55. The van der Waals surface area contributed by atoms with E-state index in [4.69, 9.17) is 28.2 Å². The molecule has 0 unspecified atom stereocenters. The summed E-state index contributed by atoms with van der Waals surface area (Å²) in [5.41, 5.74) is 1.11. The van der Waals surface area contributed by atoms with Gasteiger partial charge >= 0.3 is 5.63 Å². The van der Waals surface area contributed by atoms with Gasteiger partial charge in [-0.2, -0.15) is 0 Å². The van der Waals surface area contributed by atoms with Crippen molar-refractivity contribution in [2.45, 2.75) is 18.6 Å². The molecule has 0 spiro atoms. The zero-order valence-corrected chi connectivity index (χ0v) is 13.7. The van der Waals surface area contributed by atoms with E-state index in [1.807, 2.05) is 6.07 Å². The molecule has 2 aromatic rings. The van der Waals surface area contributed by atoms with Crippen molar-refractivity contribution in [1.82, 2.24) is 4.90 Å². The Morgan fingerprint density at radius 3 is 2.86 bits per heavy atom. The fraction of sp³-hybridized carbons (Fsp3) is 0.333. The van der Waals surface area contributed by atoms with Gasteiger partial charge in [-0.15, -0.1) is 0 Å². The van der Waals surface area contributed by atoms with Crippen LogP contribution < -0.4 is 5.63 Å². The van der Waals surface area contributed by atoms with E-state index in [0.717, 1.165) is 28.4 Å². The molecule has 0 radical (unpaired) electrons. The van der Waals surface area contributed by atoms with Gasteiger partial charge in [0.05, 0.1) is 0 Å². The van der Waals surface area contributed by atoms with Crippen molar-refractivity contribution in [1.29, 1.82) is 0 Å². The molecule has 1 aliphatic rings. The van der Waals surface area contributed by atoms with Crippen LogP contribution in [0.3, 0.4) is 0 Å². The highest BCUT2D eigenvalue weighted by Crippen LogP contribution is 2.26. The summed E-state index contributed by atoms with van der Waals surface area (Å²) < 4.78 is 6.10. The minimum Gasteiger partial charge on any atom is -0.423 e. The number of fused-ring (bicyclic) bond motifs is 1. The molecule has 110 valence electrons. The summed E-state index contributed by atoms with van der Waals surface area (Å²) >= 11 is 13.0. The lowest BCUT2D eigenvalue weighted by molar-refractivity contribution is 0.539. The van der Waals surface area contributed by atoms with E-state index in [9.17, 15) is 4.79 Å². The van der Waals surface area contributed by atoms with E-state index in [2.05, 4.69) is 4.90 Å². The maximum atomic E-state index is 11.7. The van der Waals surface area contributed by atoms with Gasteiger partial charge in [0, 0.05) is 41.4 Å². The lowest BCUT2D eigenvalue weighted by Crippen LogP contribution is -2.23. The number of halogens is 1. The van der Waals surface area contributed by atoms with Crippen LogP contribution in [0, 0.1) is 0 Å². The van der Waals surface area contributed by atoms with Crippen molar-refractivity contribution < 1.29 is 4.42 Å². The first kappa shape index (κ1) is 14.9. The van der Waals surface area contributed by atoms with Crippen molar-refractivity contribution in [2.24, 2.45) is 0 Å². The van der Waals surface area contributed by atoms with Gasteiger partial charge < -0.3 is 9.32 Å². The minimum absolute atomic E-state index is 0.354. The summed E-state index contributed by atoms with van der Waals surface area (Å²) in [6, 6.07) is 6.90. The van der Waals surface area contributed by atoms with Crippen LogP contribution in [0.4, 0.5) is 0 Å². The average Bonchev–Trinajstić information content (AvgIpc) is 2.97. The van der Waals surface area contributed by atoms with Crippen molar-refractivity contribution in [3.63, 3.8) is 0 Å². The van der Waals surface area contributed by atoms with Gasteiger partial charge in [0.2, 0.25) is 0 Å². The fourth-order valence-electron chi connectivity index (χ4n) is 2.45. The van der Waals surface area contributed by atoms with Gasteiger partial charge in [-0.3, -0.25) is 0 Å². The zero-order valence-electron chi connectivity index (χ0n) is 11.3. The van der Waals surface area contributed by atoms with Gasteiger partial charge in [-0.05, 0) is 30.5 Å². The molecule has 0 atom stereocenters. The predicted molar refractivity (Wildman–Crippen MR) is 92.2 cm³/mol. The lowest BCUT2D eigenvalue weighted by atomic mass is 10.1. The van der Waals surface area contributed by atoms with Crippen molar-refractivity contribution >= 4 is 50.9 Å². The first-order chi connectivity index (χ1) is 10.1. The first-order valence-electron chi connectivity index (χ1n) is 6.77. The van der Waals surface area contributed by atoms with Crippen molar-refractivity contribution in [2.75, 3.05) is 13.1 Å². The average molecular weight is 340 g/mol. The van der Waals surface area contributed by atoms with E-state index in [1.54, 1.807) is 23.9 Å². The van der Waals surface area contributed by atoms with E-state index >= 15 is 0 Å². The van der Waals surface area contributed by atoms with Crippen molar-refractivity contribution in [3.8, 4) is 0 Å². The molecule has 2 heterocycles. The quantitative estimate of drug-likeness (QED) is 0.608. The molecule has 21 heavy (non-hydrogen) atoms. The van der Waals surface area contributed by atoms with E-state index in [1.165, 1.54) is 18.9 Å². The van der Waals surface area contributed by atoms with Crippen molar-refractivity contribution in [3.05, 3.63) is 45.3 Å². The Labute approximate surface area is 137 Å². The third-order valence-corrected chi connectivity index (χ3v) is 5.31. The summed E-state index contributed by atoms with van der Waals surface area (Å²) in [5, 5.41) is 1.47. The second kappa shape index (κ2) is 6.38. The number of hydrogen-bond acceptors (Lipinski definition) is 4. The van der Waals surface area contributed by atoms with Gasteiger partial charge in [0.1, 0.15) is 9.90 Å². The molecule has 0 aliphatic carbocycles. The Bertz CT molecular complexity index is 738. The van der Waals surface area contributed by atoms with Gasteiger partial charge in [-0.25, -0.2) is 4.79 Å². The van der Waals surface area contributed by atoms with Crippen LogP contribution in [0.15, 0.2) is 33.5 Å². The van der Waals surface area contributed by atoms with E-state index in [-0.39, 0.29) is 5.63 Å². The van der Waals surface area contributed by atoms with Crippen LogP contribution in [-0.4, -0.2) is 22.3 Å². The number of likely N-dealkylation sites (tertiary alicyclic amines) is 1. The normalized spacial score (nSPS) is 14.8. The molecule has 3 nitrogen and oxygen atoms in total. The fourth-order valence-corrected chi connectivity index (χ4v) is 3.86. The smallest absolute Gasteiger partial charge is 0.336 e. The highest BCUT2D eigenvalue weighted by atomic mass is 35.5. The molecule has 3 rings (SSSR count). The molecule has 0 bridgehead atoms. The molecule has 1 aromatic carbocycles. The molecule has 0 amide bonds. The van der Waals surface area contributed by atoms with Crippen LogP contribution >= 0.6 is 35.6 Å². The molecule has 1 saturated heterocycles. The summed E-state index contributed by atoms with van der Waals surface area (Å²) in [6.45, 7) is 2.08. The Morgan fingerprint density at radius 2 is 2.10 bits per heavy atom. The topological polar surface area (TPSA) is 33.5 Å². The maximum Gasteiger partial charge on any atom is 0.336 e. The third kappa shape index (κ3) is 3.42. The SMILES string of the molecule is O=c1cc(CSC(=S)N2CCCC2)c2ccc(Cl)cc2o1. The molecular weight excluding hydrogens is 326 g/mol. The van der Waals surface area contributed by atoms with Crippen LogP contribution in [0.5, 0.6) is 0 Å². The Balaban J connectivity index is 1.83. The molecule has 6 heteroatoms. The summed E-state index contributed by atoms with van der Waals surface area (Å²) in [5.74, 6) is 0.666. The van der Waals surface area contributed by atoms with Crippen LogP contribution in [-0.2, 0) is 5.75 Å². The molecule has 1 fully saturated rings. The highest BCUT2D eigenvalue weighted by molar-refractivity contribution is 8.22. The highest BCUT2D eigenvalue weighted by Gasteiger charge is 2.16. The molecule has 0 N–H and O–H groups in total. The van der Waals surface area contributed by atoms with E-state index in [0.29, 0.717) is 16.4 Å². The number of thioether (sulfide) groups is 1. The van der Waals surface area contributed by atoms with Gasteiger partial charge in [0.25, 0.3) is 0 Å². The largest absolute Gasteiger partial charge is 0.423 e. The van der Waals surface area contributed by atoms with Crippen LogP contribution in [0.2, 0.25) is 5.02 Å². The number of thiocarbonyl (C=S) groups is 1. The van der Waals surface area contributed by atoms with E-state index < -0.39 is 0 Å². The Morgan fingerprint density at radius 1 is 1.33 bits per heavy atom.